The molecule has 1 aromatic rings. The van der Waals surface area contributed by atoms with Crippen LogP contribution in [0.4, 0.5) is 0 Å². The van der Waals surface area contributed by atoms with Gasteiger partial charge in [-0.05, 0) is 12.5 Å². The third kappa shape index (κ3) is 2.74. The Morgan fingerprint density at radius 1 is 1.46 bits per heavy atom. The Morgan fingerprint density at radius 3 is 2.69 bits per heavy atom. The minimum Gasteiger partial charge on any atom is -0.241 e. The van der Waals surface area contributed by atoms with Crippen molar-refractivity contribution in [2.75, 3.05) is 0 Å². The van der Waals surface area contributed by atoms with Gasteiger partial charge in [0.15, 0.2) is 5.03 Å². The first-order valence-electron chi connectivity index (χ1n) is 3.87. The van der Waals surface area contributed by atoms with Gasteiger partial charge in [-0.15, -0.1) is 0 Å². The van der Waals surface area contributed by atoms with Crippen molar-refractivity contribution >= 4 is 10.0 Å². The van der Waals surface area contributed by atoms with Crippen LogP contribution in [-0.2, 0) is 16.4 Å². The fraction of sp³-hybridized carbons (Fsp3) is 0.429. The quantitative estimate of drug-likeness (QED) is 0.701. The highest BCUT2D eigenvalue weighted by molar-refractivity contribution is 7.89. The van der Waals surface area contributed by atoms with E-state index in [-0.39, 0.29) is 5.03 Å². The smallest absolute Gasteiger partial charge is 0.241 e. The zero-order valence-electron chi connectivity index (χ0n) is 7.27. The van der Waals surface area contributed by atoms with Gasteiger partial charge in [0, 0.05) is 5.69 Å². The normalized spacial score (nSPS) is 11.5. The molecule has 0 unspecified atom stereocenters. The van der Waals surface area contributed by atoms with E-state index in [9.17, 15) is 8.42 Å². The Balaban J connectivity index is 3.06. The average Bonchev–Trinajstić information content (AvgIpc) is 2.04. The van der Waals surface area contributed by atoms with Gasteiger partial charge in [0.05, 0.1) is 0 Å². The molecule has 0 saturated heterocycles. The van der Waals surface area contributed by atoms with E-state index in [0.717, 1.165) is 12.8 Å². The number of rotatable bonds is 3. The van der Waals surface area contributed by atoms with Crippen LogP contribution in [0.1, 0.15) is 19.0 Å². The maximum absolute atomic E-state index is 10.9. The average molecular weight is 201 g/mol. The van der Waals surface area contributed by atoms with Crippen LogP contribution in [0.15, 0.2) is 17.4 Å². The topological polar surface area (TPSA) is 85.9 Å². The Hall–Kier alpha value is -1.01. The molecule has 0 spiro atoms. The number of aromatic nitrogens is 2. The summed E-state index contributed by atoms with van der Waals surface area (Å²) in [6.45, 7) is 1.98. The first-order chi connectivity index (χ1) is 6.04. The predicted octanol–water partition coefficient (Wildman–Crippen LogP) is 0.0765. The zero-order valence-corrected chi connectivity index (χ0v) is 8.08. The lowest BCUT2D eigenvalue weighted by Crippen LogP contribution is -2.14. The fourth-order valence-corrected chi connectivity index (χ4v) is 1.42. The summed E-state index contributed by atoms with van der Waals surface area (Å²) in [4.78, 5) is 7.48. The van der Waals surface area contributed by atoms with E-state index in [4.69, 9.17) is 5.14 Å². The van der Waals surface area contributed by atoms with E-state index in [0.29, 0.717) is 5.69 Å². The standard InChI is InChI=1S/C7H11N3O2S/c1-2-3-6-4-7(10-5-9-6)13(8,11)12/h4-5H,2-3H2,1H3,(H2,8,11,12). The molecule has 0 aliphatic heterocycles. The molecule has 1 rings (SSSR count). The summed E-state index contributed by atoms with van der Waals surface area (Å²) < 4.78 is 21.8. The second-order valence-electron chi connectivity index (χ2n) is 2.64. The van der Waals surface area contributed by atoms with E-state index in [1.807, 2.05) is 6.92 Å². The maximum atomic E-state index is 10.9. The minimum absolute atomic E-state index is 0.119. The molecular weight excluding hydrogens is 190 g/mol. The number of nitrogens with zero attached hydrogens (tertiary/aromatic N) is 2. The monoisotopic (exact) mass is 201 g/mol. The summed E-state index contributed by atoms with van der Waals surface area (Å²) in [6.07, 6.45) is 2.84. The molecule has 1 heterocycles. The van der Waals surface area contributed by atoms with Gasteiger partial charge in [0.25, 0.3) is 10.0 Å². The molecule has 0 amide bonds. The van der Waals surface area contributed by atoms with Crippen molar-refractivity contribution in [1.29, 1.82) is 0 Å². The summed E-state index contributed by atoms with van der Waals surface area (Å²) in [5, 5.41) is 4.78. The van der Waals surface area contributed by atoms with Crippen molar-refractivity contribution in [3.8, 4) is 0 Å². The SMILES string of the molecule is CCCc1cc(S(N)(=O)=O)ncn1. The maximum Gasteiger partial charge on any atom is 0.255 e. The molecule has 2 N–H and O–H groups in total. The molecule has 13 heavy (non-hydrogen) atoms. The molecule has 0 aliphatic carbocycles. The summed E-state index contributed by atoms with van der Waals surface area (Å²) in [5.41, 5.74) is 0.696. The molecule has 0 bridgehead atoms. The van der Waals surface area contributed by atoms with E-state index in [1.165, 1.54) is 12.4 Å². The molecule has 5 nitrogen and oxygen atoms in total. The molecule has 0 atom stereocenters. The second kappa shape index (κ2) is 3.80. The van der Waals surface area contributed by atoms with Gasteiger partial charge in [-0.2, -0.15) is 0 Å². The molecule has 1 aromatic heterocycles. The largest absolute Gasteiger partial charge is 0.255 e. The lowest BCUT2D eigenvalue weighted by atomic mass is 10.2. The van der Waals surface area contributed by atoms with Gasteiger partial charge in [-0.25, -0.2) is 23.5 Å². The number of aryl methyl sites for hydroxylation is 1. The third-order valence-electron chi connectivity index (χ3n) is 1.50. The van der Waals surface area contributed by atoms with Crippen molar-refractivity contribution in [3.05, 3.63) is 18.1 Å². The van der Waals surface area contributed by atoms with Crippen LogP contribution in [0.2, 0.25) is 0 Å². The highest BCUT2D eigenvalue weighted by Crippen LogP contribution is 2.04. The van der Waals surface area contributed by atoms with Crippen LogP contribution in [-0.4, -0.2) is 18.4 Å². The van der Waals surface area contributed by atoms with E-state index in [1.54, 1.807) is 0 Å². The van der Waals surface area contributed by atoms with Gasteiger partial charge in [-0.1, -0.05) is 13.3 Å². The lowest BCUT2D eigenvalue weighted by molar-refractivity contribution is 0.593. The summed E-state index contributed by atoms with van der Waals surface area (Å²) in [6, 6.07) is 1.40. The molecule has 0 aromatic carbocycles. The van der Waals surface area contributed by atoms with Crippen molar-refractivity contribution in [2.24, 2.45) is 5.14 Å². The predicted molar refractivity (Wildman–Crippen MR) is 47.4 cm³/mol. The Morgan fingerprint density at radius 2 is 2.15 bits per heavy atom. The minimum atomic E-state index is -3.69. The fourth-order valence-electron chi connectivity index (χ4n) is 0.925. The molecule has 0 aliphatic rings. The molecule has 0 fully saturated rings. The number of primary sulfonamides is 1. The zero-order chi connectivity index (χ0) is 9.90. The Labute approximate surface area is 77.1 Å². The van der Waals surface area contributed by atoms with Gasteiger partial charge < -0.3 is 0 Å². The van der Waals surface area contributed by atoms with Crippen LogP contribution in [0, 0.1) is 0 Å². The van der Waals surface area contributed by atoms with Crippen molar-refractivity contribution < 1.29 is 8.42 Å². The van der Waals surface area contributed by atoms with Crippen LogP contribution >= 0.6 is 0 Å². The van der Waals surface area contributed by atoms with Crippen molar-refractivity contribution in [3.63, 3.8) is 0 Å². The Bertz CT molecular complexity index is 388. The van der Waals surface area contributed by atoms with Gasteiger partial charge in [0.1, 0.15) is 6.33 Å². The molecule has 72 valence electrons. The number of sulfonamides is 1. The second-order valence-corrected chi connectivity index (χ2v) is 4.15. The van der Waals surface area contributed by atoms with Crippen LogP contribution in [0.3, 0.4) is 0 Å². The molecule has 0 radical (unpaired) electrons. The molecular formula is C7H11N3O2S. The van der Waals surface area contributed by atoms with Crippen molar-refractivity contribution in [2.45, 2.75) is 24.8 Å². The van der Waals surface area contributed by atoms with Crippen LogP contribution in [0.25, 0.3) is 0 Å². The number of hydrogen-bond acceptors (Lipinski definition) is 4. The Kier molecular flexibility index (Phi) is 2.94. The highest BCUT2D eigenvalue weighted by atomic mass is 32.2. The third-order valence-corrected chi connectivity index (χ3v) is 2.30. The van der Waals surface area contributed by atoms with Crippen LogP contribution in [0.5, 0.6) is 0 Å². The van der Waals surface area contributed by atoms with Gasteiger partial charge in [-0.3, -0.25) is 0 Å². The summed E-state index contributed by atoms with van der Waals surface area (Å²) in [5.74, 6) is 0. The van der Waals surface area contributed by atoms with Gasteiger partial charge in [0.2, 0.25) is 0 Å². The number of nitrogens with two attached hydrogens (primary N) is 1. The first kappa shape index (κ1) is 10.1. The first-order valence-corrected chi connectivity index (χ1v) is 5.42. The van der Waals surface area contributed by atoms with E-state index >= 15 is 0 Å². The summed E-state index contributed by atoms with van der Waals surface area (Å²) in [7, 11) is -3.69. The highest BCUT2D eigenvalue weighted by Gasteiger charge is 2.09. The summed E-state index contributed by atoms with van der Waals surface area (Å²) >= 11 is 0. The lowest BCUT2D eigenvalue weighted by Gasteiger charge is -1.99. The van der Waals surface area contributed by atoms with E-state index < -0.39 is 10.0 Å². The van der Waals surface area contributed by atoms with E-state index in [2.05, 4.69) is 9.97 Å². The molecule has 6 heteroatoms. The molecule has 0 saturated carbocycles. The number of hydrogen-bond donors (Lipinski definition) is 1. The van der Waals surface area contributed by atoms with Crippen molar-refractivity contribution in [1.82, 2.24) is 9.97 Å². The van der Waals surface area contributed by atoms with Gasteiger partial charge >= 0.3 is 0 Å². The van der Waals surface area contributed by atoms with Crippen LogP contribution < -0.4 is 5.14 Å².